The van der Waals surface area contributed by atoms with E-state index in [0.717, 1.165) is 23.5 Å². The molecule has 4 aromatic rings. The van der Waals surface area contributed by atoms with Gasteiger partial charge < -0.3 is 45.8 Å². The molecule has 2 aromatic heterocycles. The lowest BCUT2D eigenvalue weighted by molar-refractivity contribution is -0.151. The lowest BCUT2D eigenvalue weighted by Crippen LogP contribution is -2.55. The van der Waals surface area contributed by atoms with Crippen LogP contribution in [0, 0.1) is 0 Å². The van der Waals surface area contributed by atoms with Crippen LogP contribution in [0.3, 0.4) is 0 Å². The molecule has 3 fully saturated rings. The van der Waals surface area contributed by atoms with Crippen molar-refractivity contribution in [1.82, 2.24) is 29.7 Å². The van der Waals surface area contributed by atoms with E-state index in [0.29, 0.717) is 28.2 Å². The first-order valence-corrected chi connectivity index (χ1v) is 22.2. The van der Waals surface area contributed by atoms with E-state index in [1.54, 1.807) is 24.3 Å². The van der Waals surface area contributed by atoms with Gasteiger partial charge in [-0.3, -0.25) is 32.3 Å². The molecule has 0 aliphatic carbocycles. The number of aliphatic hydroxyl groups excluding tert-OH is 1. The van der Waals surface area contributed by atoms with Crippen molar-refractivity contribution in [2.24, 2.45) is 0 Å². The van der Waals surface area contributed by atoms with Gasteiger partial charge in [0.05, 0.1) is 19.5 Å². The summed E-state index contributed by atoms with van der Waals surface area (Å²) in [7, 11) is -5.25. The van der Waals surface area contributed by atoms with Gasteiger partial charge in [-0.05, 0) is 53.3 Å². The SMILES string of the molecule is Nc1ncnc2c1ncn2[C@@H]1O[C@@H]2COP(=O)(SCc3ccc(NC(=O)c4ccc(O)cc4)cc3)O[C@@H]3[C@H](F)[C@@H](COP(=O)(O)O[C@@H]1[C@@H]2F)O[C@H]3N1C=CC(=O)NC1O. The van der Waals surface area contributed by atoms with Crippen molar-refractivity contribution in [3.05, 3.63) is 84.6 Å². The minimum absolute atomic E-state index is 0.00493. The van der Waals surface area contributed by atoms with Crippen molar-refractivity contribution >= 4 is 60.5 Å². The Balaban J connectivity index is 1.08. The third-order valence-corrected chi connectivity index (χ3v) is 14.1. The predicted molar refractivity (Wildman–Crippen MR) is 200 cm³/mol. The van der Waals surface area contributed by atoms with Crippen molar-refractivity contribution in [2.45, 2.75) is 61.3 Å². The maximum Gasteiger partial charge on any atom is 0.472 e. The first kappa shape index (κ1) is 41.2. The van der Waals surface area contributed by atoms with E-state index in [1.807, 2.05) is 0 Å². The van der Waals surface area contributed by atoms with Gasteiger partial charge in [0, 0.05) is 29.3 Å². The number of aromatic nitrogens is 4. The average molecular weight is 883 g/mol. The molecule has 8 rings (SSSR count). The van der Waals surface area contributed by atoms with E-state index in [1.165, 1.54) is 35.2 Å². The van der Waals surface area contributed by atoms with Crippen LogP contribution in [0.5, 0.6) is 5.75 Å². The zero-order chi connectivity index (χ0) is 41.6. The third kappa shape index (κ3) is 8.70. The number of aliphatic hydroxyl groups is 1. The number of nitrogens with two attached hydrogens (primary N) is 1. The predicted octanol–water partition coefficient (Wildman–Crippen LogP) is 2.85. The van der Waals surface area contributed by atoms with Crippen LogP contribution >= 0.6 is 26.0 Å². The number of fused-ring (bicyclic) bond motifs is 5. The van der Waals surface area contributed by atoms with E-state index in [-0.39, 0.29) is 28.5 Å². The fraction of sp³-hybridized carbons (Fsp3) is 0.364. The summed E-state index contributed by atoms with van der Waals surface area (Å²) in [6.45, 7) is -6.48. The molecule has 4 aliphatic rings. The second-order valence-electron chi connectivity index (χ2n) is 13.4. The largest absolute Gasteiger partial charge is 0.508 e. The molecule has 21 nitrogen and oxygen atoms in total. The highest BCUT2D eigenvalue weighted by Crippen LogP contribution is 2.64. The zero-order valence-corrected chi connectivity index (χ0v) is 32.6. The number of benzene rings is 2. The van der Waals surface area contributed by atoms with Crippen LogP contribution in [0.25, 0.3) is 11.2 Å². The number of halogens is 2. The summed E-state index contributed by atoms with van der Waals surface area (Å²) >= 11 is 0.587. The average Bonchev–Trinajstić information content (AvgIpc) is 3.86. The number of nitrogens with one attached hydrogen (secondary N) is 2. The first-order valence-electron chi connectivity index (χ1n) is 17.6. The number of phosphoric ester groups is 1. The number of amides is 2. The standard InChI is InChI=1S/C33H34F2N8O13P2S/c34-23-21-12-52-58(50,59-13-16-1-5-18(6-2-16)40-30(46)17-3-7-19(44)8-4-17)56-27-24(35)20(53-31(27)42-10-9-22(45)41-33(42)47)11-51-57(48,49)55-26(23)32(54-21)43-15-39-25-28(36)37-14-38-29(25)43/h1-10,14-15,20-21,23-24,26-27,31-33,44,47H,11-13H2,(H,40,46)(H,41,45)(H,48,49)(H2,36,37,38)/t20-,21-,23-,24-,26-,27-,31-,32-,33?,58?/m1/s1. The Bertz CT molecular complexity index is 2350. The number of hydrogen-bond acceptors (Lipinski definition) is 18. The van der Waals surface area contributed by atoms with Gasteiger partial charge in [-0.2, -0.15) is 0 Å². The molecule has 4 aliphatic heterocycles. The van der Waals surface area contributed by atoms with Crippen LogP contribution in [0.2, 0.25) is 0 Å². The highest BCUT2D eigenvalue weighted by molar-refractivity contribution is 8.54. The summed E-state index contributed by atoms with van der Waals surface area (Å²) in [4.78, 5) is 48.4. The molecule has 4 bridgehead atoms. The monoisotopic (exact) mass is 882 g/mol. The van der Waals surface area contributed by atoms with Gasteiger partial charge in [-0.25, -0.2) is 32.9 Å². The topological polar surface area (TPSA) is 281 Å². The smallest absolute Gasteiger partial charge is 0.472 e. The number of nitrogen functional groups attached to an aromatic ring is 1. The normalized spacial score (nSPS) is 33.7. The number of rotatable bonds is 7. The molecule has 0 spiro atoms. The van der Waals surface area contributed by atoms with Crippen LogP contribution < -0.4 is 16.4 Å². The minimum Gasteiger partial charge on any atom is -0.508 e. The molecule has 7 N–H and O–H groups in total. The number of imidazole rings is 1. The number of carbonyl (C=O) groups is 2. The molecule has 6 heterocycles. The van der Waals surface area contributed by atoms with Crippen LogP contribution in [0.1, 0.15) is 22.1 Å². The maximum atomic E-state index is 16.4. The molecule has 0 saturated carbocycles. The van der Waals surface area contributed by atoms with Gasteiger partial charge in [0.1, 0.15) is 42.0 Å². The van der Waals surface area contributed by atoms with Crippen LogP contribution in [-0.4, -0.2) is 114 Å². The highest BCUT2D eigenvalue weighted by atomic mass is 32.7. The summed E-state index contributed by atoms with van der Waals surface area (Å²) in [5.74, 6) is -1.28. The molecule has 59 heavy (non-hydrogen) atoms. The molecule has 314 valence electrons. The Morgan fingerprint density at radius 2 is 1.64 bits per heavy atom. The molecule has 3 unspecified atom stereocenters. The lowest BCUT2D eigenvalue weighted by atomic mass is 10.1. The van der Waals surface area contributed by atoms with Crippen LogP contribution in [0.4, 0.5) is 20.3 Å². The molecule has 26 heteroatoms. The number of carbonyl (C=O) groups excluding carboxylic acids is 2. The Morgan fingerprint density at radius 3 is 2.36 bits per heavy atom. The van der Waals surface area contributed by atoms with Gasteiger partial charge in [-0.1, -0.05) is 12.1 Å². The number of phenolic OH excluding ortho intramolecular Hbond substituents is 1. The number of hydrogen-bond donors (Lipinski definition) is 6. The zero-order valence-electron chi connectivity index (χ0n) is 30.0. The van der Waals surface area contributed by atoms with Gasteiger partial charge in [0.25, 0.3) is 5.91 Å². The van der Waals surface area contributed by atoms with E-state index >= 15 is 8.78 Å². The van der Waals surface area contributed by atoms with Gasteiger partial charge in [0.2, 0.25) is 12.3 Å². The van der Waals surface area contributed by atoms with Gasteiger partial charge in [-0.15, -0.1) is 0 Å². The van der Waals surface area contributed by atoms with Gasteiger partial charge >= 0.3 is 14.6 Å². The molecule has 3 saturated heterocycles. The molecule has 0 radical (unpaired) electrons. The van der Waals surface area contributed by atoms with Crippen molar-refractivity contribution in [3.8, 4) is 5.75 Å². The molecule has 11 atom stereocenters. The van der Waals surface area contributed by atoms with Crippen LogP contribution in [-0.2, 0) is 47.2 Å². The van der Waals surface area contributed by atoms with E-state index in [2.05, 4.69) is 25.6 Å². The van der Waals surface area contributed by atoms with Crippen molar-refractivity contribution in [2.75, 3.05) is 24.3 Å². The summed E-state index contributed by atoms with van der Waals surface area (Å²) in [5, 5.41) is 25.1. The Morgan fingerprint density at radius 1 is 0.966 bits per heavy atom. The van der Waals surface area contributed by atoms with E-state index in [4.69, 9.17) is 33.3 Å². The Hall–Kier alpha value is -4.58. The number of aromatic hydroxyl groups is 1. The number of phosphoric acid groups is 1. The number of ether oxygens (including phenoxy) is 2. The second kappa shape index (κ2) is 16.5. The first-order chi connectivity index (χ1) is 28.2. The Kier molecular flexibility index (Phi) is 11.5. The van der Waals surface area contributed by atoms with Crippen molar-refractivity contribution < 1.29 is 70.2 Å². The van der Waals surface area contributed by atoms with Gasteiger partial charge in [0.15, 0.2) is 36.3 Å². The molecule has 2 amide bonds. The maximum absolute atomic E-state index is 16.4. The lowest BCUT2D eigenvalue weighted by Gasteiger charge is -2.37. The number of alkyl halides is 2. The number of nitrogens with zero attached hydrogens (tertiary/aromatic N) is 5. The third-order valence-electron chi connectivity index (χ3n) is 9.47. The molecule has 2 aromatic carbocycles. The van der Waals surface area contributed by atoms with Crippen molar-refractivity contribution in [1.29, 1.82) is 0 Å². The minimum atomic E-state index is -5.25. The quantitative estimate of drug-likeness (QED) is 0.146. The summed E-state index contributed by atoms with van der Waals surface area (Å²) in [6.07, 6.45) is -12.3. The molecular formula is C33H34F2N8O13P2S. The highest BCUT2D eigenvalue weighted by Gasteiger charge is 2.56. The summed E-state index contributed by atoms with van der Waals surface area (Å²) < 4.78 is 96.0. The second-order valence-corrected chi connectivity index (χ2v) is 18.8. The fourth-order valence-electron chi connectivity index (χ4n) is 6.53. The summed E-state index contributed by atoms with van der Waals surface area (Å²) in [5.41, 5.74) is 7.29. The van der Waals surface area contributed by atoms with Crippen LogP contribution in [0.15, 0.2) is 73.5 Å². The Labute approximate surface area is 335 Å². The molecular weight excluding hydrogens is 848 g/mol. The van der Waals surface area contributed by atoms with Crippen molar-refractivity contribution in [3.63, 3.8) is 0 Å². The fourth-order valence-corrected chi connectivity index (χ4v) is 10.8. The summed E-state index contributed by atoms with van der Waals surface area (Å²) in [6, 6.07) is 12.0. The number of anilines is 2. The van der Waals surface area contributed by atoms with E-state index < -0.39 is 95.2 Å². The van der Waals surface area contributed by atoms with E-state index in [9.17, 15) is 33.8 Å². The number of phenols is 1.